The molecule has 0 bridgehead atoms. The minimum atomic E-state index is -1.23. The van der Waals surface area contributed by atoms with Crippen LogP contribution in [-0.2, 0) is 4.79 Å². The molecule has 1 unspecified atom stereocenters. The maximum atomic E-state index is 9.45. The summed E-state index contributed by atoms with van der Waals surface area (Å²) in [6, 6.07) is 0. The van der Waals surface area contributed by atoms with Gasteiger partial charge in [0, 0.05) is 0 Å². The summed E-state index contributed by atoms with van der Waals surface area (Å²) in [6.45, 7) is 1.20. The molecule has 0 aromatic heterocycles. The summed E-state index contributed by atoms with van der Waals surface area (Å²) in [5, 5.41) is 15.8. The first kappa shape index (κ1) is 41.8. The maximum absolute atomic E-state index is 9.45. The van der Waals surface area contributed by atoms with Crippen molar-refractivity contribution in [2.45, 2.75) is 13.0 Å². The summed E-state index contributed by atoms with van der Waals surface area (Å²) < 4.78 is 0. The van der Waals surface area contributed by atoms with E-state index in [9.17, 15) is 4.79 Å². The van der Waals surface area contributed by atoms with Crippen molar-refractivity contribution >= 4 is 43.7 Å². The predicted octanol–water partition coefficient (Wildman–Crippen LogP) is -4.76. The van der Waals surface area contributed by atoms with Gasteiger partial charge in [-0.1, -0.05) is 0 Å². The van der Waals surface area contributed by atoms with Crippen molar-refractivity contribution in [1.29, 1.82) is 0 Å². The number of carboxylic acid groups (broad SMARTS) is 1. The third kappa shape index (κ3) is 37.3. The van der Waals surface area contributed by atoms with Crippen molar-refractivity contribution in [2.75, 3.05) is 0 Å². The second-order valence-corrected chi connectivity index (χ2v) is 1.01. The topological polar surface area (TPSA) is 184 Å². The van der Waals surface area contributed by atoms with E-state index in [1.165, 1.54) is 6.92 Å². The number of aliphatic hydroxyl groups is 1. The average molecular weight is 204 g/mol. The first-order chi connectivity index (χ1) is 2.64. The summed E-state index contributed by atoms with van der Waals surface area (Å²) in [5.74, 6) is -1.19. The molecular formula is C3H16CaO7. The molecule has 1 atom stereocenters. The molecule has 72 valence electrons. The van der Waals surface area contributed by atoms with E-state index in [0.717, 1.165) is 0 Å². The monoisotopic (exact) mass is 204 g/mol. The normalized spacial score (nSPS) is 7.45. The van der Waals surface area contributed by atoms with Gasteiger partial charge >= 0.3 is 43.7 Å². The van der Waals surface area contributed by atoms with Gasteiger partial charge in [-0.2, -0.15) is 0 Å². The van der Waals surface area contributed by atoms with Crippen molar-refractivity contribution in [3.63, 3.8) is 0 Å². The molecule has 0 saturated carbocycles. The molecule has 11 heavy (non-hydrogen) atoms. The Labute approximate surface area is 93.3 Å². The molecule has 0 fully saturated rings. The standard InChI is InChI=1S/C3H6O3.Ca.4H2O.2H/c1-2(4)3(5)6;;;;;;;/h2,4H,1H3,(H,5,6);;4*1H2;;. The first-order valence-corrected chi connectivity index (χ1v) is 1.55. The molecule has 0 saturated heterocycles. The van der Waals surface area contributed by atoms with Crippen LogP contribution in [0.1, 0.15) is 6.92 Å². The molecule has 0 amide bonds. The number of hydrogen-bond acceptors (Lipinski definition) is 2. The fraction of sp³-hybridized carbons (Fsp3) is 0.667. The summed E-state index contributed by atoms with van der Waals surface area (Å²) >= 11 is 0. The Bertz CT molecular complexity index is 64.7. The Hall–Kier alpha value is 0.530. The van der Waals surface area contributed by atoms with Gasteiger partial charge in [-0.15, -0.1) is 0 Å². The van der Waals surface area contributed by atoms with Crippen LogP contribution in [0.5, 0.6) is 0 Å². The van der Waals surface area contributed by atoms with Crippen LogP contribution in [0.15, 0.2) is 0 Å². The zero-order chi connectivity index (χ0) is 5.15. The zero-order valence-electron chi connectivity index (χ0n) is 5.38. The third-order valence-electron chi connectivity index (χ3n) is 0.357. The van der Waals surface area contributed by atoms with Crippen LogP contribution >= 0.6 is 0 Å². The Balaban J connectivity index is -0.0000000125. The zero-order valence-corrected chi connectivity index (χ0v) is 5.38. The number of rotatable bonds is 1. The third-order valence-corrected chi connectivity index (χ3v) is 0.357. The number of carbonyl (C=O) groups is 1. The van der Waals surface area contributed by atoms with Crippen LogP contribution < -0.4 is 0 Å². The first-order valence-electron chi connectivity index (χ1n) is 1.55. The van der Waals surface area contributed by atoms with Gasteiger partial charge in [0.15, 0.2) is 0 Å². The molecule has 0 aromatic carbocycles. The van der Waals surface area contributed by atoms with Crippen molar-refractivity contribution in [3.05, 3.63) is 0 Å². The van der Waals surface area contributed by atoms with E-state index in [2.05, 4.69) is 0 Å². The summed E-state index contributed by atoms with van der Waals surface area (Å²) in [6.07, 6.45) is -1.23. The van der Waals surface area contributed by atoms with Gasteiger partial charge in [-0.3, -0.25) is 0 Å². The van der Waals surface area contributed by atoms with E-state index < -0.39 is 12.1 Å². The molecular weight excluding hydrogens is 188 g/mol. The molecule has 10 N–H and O–H groups in total. The van der Waals surface area contributed by atoms with Crippen LogP contribution in [0.25, 0.3) is 0 Å². The van der Waals surface area contributed by atoms with Crippen LogP contribution in [0.4, 0.5) is 0 Å². The number of hydrogen-bond donors (Lipinski definition) is 2. The van der Waals surface area contributed by atoms with Gasteiger partial charge in [-0.05, 0) is 6.92 Å². The van der Waals surface area contributed by atoms with E-state index in [1.807, 2.05) is 0 Å². The summed E-state index contributed by atoms with van der Waals surface area (Å²) in [7, 11) is 0. The quantitative estimate of drug-likeness (QED) is 0.407. The van der Waals surface area contributed by atoms with Crippen molar-refractivity contribution < 1.29 is 36.9 Å². The molecule has 0 heterocycles. The van der Waals surface area contributed by atoms with Crippen molar-refractivity contribution in [1.82, 2.24) is 0 Å². The SMILES string of the molecule is CC(O)C(=O)O.O.O.O.O.[CaH2]. The number of aliphatic carboxylic acids is 1. The molecule has 0 aliphatic rings. The molecule has 8 heteroatoms. The molecule has 0 spiro atoms. The van der Waals surface area contributed by atoms with Gasteiger partial charge in [0.25, 0.3) is 0 Å². The van der Waals surface area contributed by atoms with Crippen LogP contribution in [-0.4, -0.2) is 81.9 Å². The fourth-order valence-electron chi connectivity index (χ4n) is 0. The van der Waals surface area contributed by atoms with E-state index in [1.54, 1.807) is 0 Å². The van der Waals surface area contributed by atoms with Gasteiger partial charge in [-0.25, -0.2) is 4.79 Å². The second kappa shape index (κ2) is 22.4. The summed E-state index contributed by atoms with van der Waals surface area (Å²) in [5.41, 5.74) is 0. The van der Waals surface area contributed by atoms with Crippen molar-refractivity contribution in [3.8, 4) is 0 Å². The number of aliphatic hydroxyl groups excluding tert-OH is 1. The van der Waals surface area contributed by atoms with E-state index in [0.29, 0.717) is 0 Å². The molecule has 0 rings (SSSR count). The van der Waals surface area contributed by atoms with Gasteiger partial charge < -0.3 is 32.1 Å². The Morgan fingerprint density at radius 3 is 1.27 bits per heavy atom. The molecule has 7 nitrogen and oxygen atoms in total. The van der Waals surface area contributed by atoms with E-state index >= 15 is 0 Å². The minimum absolute atomic E-state index is 0. The van der Waals surface area contributed by atoms with Gasteiger partial charge in [0.05, 0.1) is 0 Å². The van der Waals surface area contributed by atoms with Crippen LogP contribution in [0, 0.1) is 0 Å². The number of carboxylic acids is 1. The van der Waals surface area contributed by atoms with Gasteiger partial charge in [0.2, 0.25) is 0 Å². The van der Waals surface area contributed by atoms with Gasteiger partial charge in [0.1, 0.15) is 6.10 Å². The predicted molar refractivity (Wildman–Crippen MR) is 42.3 cm³/mol. The Morgan fingerprint density at radius 2 is 1.27 bits per heavy atom. The molecule has 0 aliphatic carbocycles. The van der Waals surface area contributed by atoms with E-state index in [4.69, 9.17) is 10.2 Å². The summed E-state index contributed by atoms with van der Waals surface area (Å²) in [4.78, 5) is 9.45. The molecule has 0 aliphatic heterocycles. The Morgan fingerprint density at radius 1 is 1.18 bits per heavy atom. The molecule has 0 aromatic rings. The average Bonchev–Trinajstić information content (AvgIpc) is 1.36. The second-order valence-electron chi connectivity index (χ2n) is 1.01. The van der Waals surface area contributed by atoms with Crippen LogP contribution in [0.2, 0.25) is 0 Å². The fourth-order valence-corrected chi connectivity index (χ4v) is 0. The molecule has 0 radical (unpaired) electrons. The van der Waals surface area contributed by atoms with Crippen LogP contribution in [0.3, 0.4) is 0 Å². The van der Waals surface area contributed by atoms with E-state index in [-0.39, 0.29) is 59.6 Å². The van der Waals surface area contributed by atoms with Crippen molar-refractivity contribution in [2.24, 2.45) is 0 Å². The Kier molecular flexibility index (Phi) is 85.2.